The van der Waals surface area contributed by atoms with Gasteiger partial charge < -0.3 is 14.8 Å². The Bertz CT molecular complexity index is 677. The first-order valence-corrected chi connectivity index (χ1v) is 8.08. The number of methoxy groups -OCH3 is 1. The number of benzene rings is 1. The third-order valence-corrected chi connectivity index (χ3v) is 3.85. The van der Waals surface area contributed by atoms with Gasteiger partial charge >= 0.3 is 0 Å². The highest BCUT2D eigenvalue weighted by Gasteiger charge is 2.17. The van der Waals surface area contributed by atoms with Gasteiger partial charge in [-0.1, -0.05) is 6.07 Å². The number of amides is 1. The molecule has 1 atom stereocenters. The van der Waals surface area contributed by atoms with E-state index in [1.54, 1.807) is 25.4 Å². The Labute approximate surface area is 144 Å². The molecule has 1 heterocycles. The highest BCUT2D eigenvalue weighted by atomic mass is 79.9. The summed E-state index contributed by atoms with van der Waals surface area (Å²) in [4.78, 5) is 16.7. The summed E-state index contributed by atoms with van der Waals surface area (Å²) in [6.07, 6.45) is 1.70. The number of halogens is 1. The zero-order chi connectivity index (χ0) is 16.8. The predicted octanol–water partition coefficient (Wildman–Crippen LogP) is 3.74. The van der Waals surface area contributed by atoms with Gasteiger partial charge in [-0.3, -0.25) is 9.78 Å². The number of hydrogen-bond donors (Lipinski definition) is 1. The van der Waals surface area contributed by atoms with Gasteiger partial charge in [0.2, 0.25) is 0 Å². The van der Waals surface area contributed by atoms with E-state index in [1.165, 1.54) is 0 Å². The van der Waals surface area contributed by atoms with Crippen LogP contribution in [0.5, 0.6) is 11.5 Å². The van der Waals surface area contributed by atoms with Crippen LogP contribution in [0.2, 0.25) is 0 Å². The lowest BCUT2D eigenvalue weighted by atomic mass is 10.1. The summed E-state index contributed by atoms with van der Waals surface area (Å²) in [5.41, 5.74) is 1.29. The highest BCUT2D eigenvalue weighted by molar-refractivity contribution is 9.10. The van der Waals surface area contributed by atoms with Crippen molar-refractivity contribution < 1.29 is 14.3 Å². The Hall–Kier alpha value is -2.08. The van der Waals surface area contributed by atoms with Crippen molar-refractivity contribution in [1.82, 2.24) is 10.3 Å². The summed E-state index contributed by atoms with van der Waals surface area (Å²) in [6, 6.07) is 8.79. The maximum Gasteiger partial charge on any atom is 0.251 e. The second kappa shape index (κ2) is 7.97. The van der Waals surface area contributed by atoms with E-state index in [9.17, 15) is 4.79 Å². The molecule has 0 bridgehead atoms. The van der Waals surface area contributed by atoms with Crippen molar-refractivity contribution in [2.24, 2.45) is 0 Å². The van der Waals surface area contributed by atoms with E-state index in [0.29, 0.717) is 28.1 Å². The van der Waals surface area contributed by atoms with Crippen LogP contribution >= 0.6 is 15.9 Å². The van der Waals surface area contributed by atoms with Crippen LogP contribution in [0.25, 0.3) is 0 Å². The zero-order valence-corrected chi connectivity index (χ0v) is 14.9. The quantitative estimate of drug-likeness (QED) is 0.831. The lowest BCUT2D eigenvalue weighted by molar-refractivity contribution is 0.0938. The molecule has 0 aliphatic heterocycles. The standard InChI is InChI=1S/C17H19BrN2O3/c1-4-23-16-13(18)9-12(10-15(16)22-3)17(21)20-11(2)14-7-5-6-8-19-14/h5-11H,4H2,1-3H3,(H,20,21). The second-order valence-electron chi connectivity index (χ2n) is 4.87. The summed E-state index contributed by atoms with van der Waals surface area (Å²) >= 11 is 3.42. The third kappa shape index (κ3) is 4.22. The van der Waals surface area contributed by atoms with Crippen LogP contribution in [0.3, 0.4) is 0 Å². The van der Waals surface area contributed by atoms with E-state index in [-0.39, 0.29) is 11.9 Å². The van der Waals surface area contributed by atoms with Crippen LogP contribution in [-0.4, -0.2) is 24.6 Å². The molecule has 0 saturated carbocycles. The van der Waals surface area contributed by atoms with Crippen molar-refractivity contribution >= 4 is 21.8 Å². The van der Waals surface area contributed by atoms with Crippen LogP contribution in [-0.2, 0) is 0 Å². The van der Waals surface area contributed by atoms with Crippen molar-refractivity contribution in [3.8, 4) is 11.5 Å². The Kier molecular flexibility index (Phi) is 5.98. The minimum atomic E-state index is -0.204. The van der Waals surface area contributed by atoms with Crippen LogP contribution in [0.1, 0.15) is 35.9 Å². The maximum absolute atomic E-state index is 12.5. The Morgan fingerprint density at radius 2 is 2.17 bits per heavy atom. The molecule has 1 amide bonds. The molecule has 0 saturated heterocycles. The van der Waals surface area contributed by atoms with Crippen LogP contribution < -0.4 is 14.8 Å². The fraction of sp³-hybridized carbons (Fsp3) is 0.294. The van der Waals surface area contributed by atoms with Gasteiger partial charge in [0.1, 0.15) is 0 Å². The molecule has 2 aromatic rings. The lowest BCUT2D eigenvalue weighted by Crippen LogP contribution is -2.27. The van der Waals surface area contributed by atoms with Gasteiger partial charge in [0.25, 0.3) is 5.91 Å². The average Bonchev–Trinajstić information content (AvgIpc) is 2.57. The molecule has 1 aromatic carbocycles. The van der Waals surface area contributed by atoms with Gasteiger partial charge in [0.15, 0.2) is 11.5 Å². The molecule has 0 aliphatic carbocycles. The molecule has 0 spiro atoms. The summed E-state index contributed by atoms with van der Waals surface area (Å²) in [7, 11) is 1.54. The smallest absolute Gasteiger partial charge is 0.251 e. The first-order chi connectivity index (χ1) is 11.1. The van der Waals surface area contributed by atoms with Crippen LogP contribution in [0.15, 0.2) is 41.0 Å². The second-order valence-corrected chi connectivity index (χ2v) is 5.73. The van der Waals surface area contributed by atoms with E-state index in [4.69, 9.17) is 9.47 Å². The van der Waals surface area contributed by atoms with Crippen molar-refractivity contribution in [1.29, 1.82) is 0 Å². The normalized spacial score (nSPS) is 11.7. The molecule has 1 N–H and O–H groups in total. The van der Waals surface area contributed by atoms with Gasteiger partial charge in [-0.25, -0.2) is 0 Å². The summed E-state index contributed by atoms with van der Waals surface area (Å²) < 4.78 is 11.5. The topological polar surface area (TPSA) is 60.5 Å². The molecule has 122 valence electrons. The van der Waals surface area contributed by atoms with E-state index in [2.05, 4.69) is 26.2 Å². The van der Waals surface area contributed by atoms with E-state index in [1.807, 2.05) is 32.0 Å². The zero-order valence-electron chi connectivity index (χ0n) is 13.3. The molecular formula is C17H19BrN2O3. The van der Waals surface area contributed by atoms with Crippen molar-refractivity contribution in [2.75, 3.05) is 13.7 Å². The summed E-state index contributed by atoms with van der Waals surface area (Å²) in [6.45, 7) is 4.29. The maximum atomic E-state index is 12.5. The lowest BCUT2D eigenvalue weighted by Gasteiger charge is -2.16. The van der Waals surface area contributed by atoms with E-state index in [0.717, 1.165) is 5.69 Å². The largest absolute Gasteiger partial charge is 0.493 e. The molecule has 23 heavy (non-hydrogen) atoms. The number of pyridine rings is 1. The molecule has 5 nitrogen and oxygen atoms in total. The number of carbonyl (C=O) groups excluding carboxylic acids is 1. The van der Waals surface area contributed by atoms with Gasteiger partial charge in [-0.05, 0) is 54.0 Å². The number of nitrogens with zero attached hydrogens (tertiary/aromatic N) is 1. The number of hydrogen-bond acceptors (Lipinski definition) is 4. The molecule has 2 rings (SSSR count). The molecule has 1 aromatic heterocycles. The SMILES string of the molecule is CCOc1c(Br)cc(C(=O)NC(C)c2ccccn2)cc1OC. The van der Waals surface area contributed by atoms with Crippen molar-refractivity contribution in [3.05, 3.63) is 52.3 Å². The number of carbonyl (C=O) groups is 1. The number of aromatic nitrogens is 1. The minimum Gasteiger partial charge on any atom is -0.493 e. The van der Waals surface area contributed by atoms with Gasteiger partial charge in [-0.2, -0.15) is 0 Å². The molecule has 6 heteroatoms. The third-order valence-electron chi connectivity index (χ3n) is 3.26. The first-order valence-electron chi connectivity index (χ1n) is 7.29. The van der Waals surface area contributed by atoms with E-state index >= 15 is 0 Å². The Morgan fingerprint density at radius 1 is 1.39 bits per heavy atom. The fourth-order valence-electron chi connectivity index (χ4n) is 2.12. The van der Waals surface area contributed by atoms with Crippen LogP contribution in [0, 0.1) is 0 Å². The number of nitrogens with one attached hydrogen (secondary N) is 1. The van der Waals surface area contributed by atoms with Crippen molar-refractivity contribution in [2.45, 2.75) is 19.9 Å². The monoisotopic (exact) mass is 378 g/mol. The van der Waals surface area contributed by atoms with Gasteiger partial charge in [0.05, 0.1) is 29.9 Å². The summed E-state index contributed by atoms with van der Waals surface area (Å²) in [5.74, 6) is 0.895. The molecule has 1 unspecified atom stereocenters. The van der Waals surface area contributed by atoms with Gasteiger partial charge in [0, 0.05) is 11.8 Å². The Morgan fingerprint density at radius 3 is 2.78 bits per heavy atom. The molecule has 0 aliphatic rings. The number of rotatable bonds is 6. The van der Waals surface area contributed by atoms with Crippen molar-refractivity contribution in [3.63, 3.8) is 0 Å². The average molecular weight is 379 g/mol. The highest BCUT2D eigenvalue weighted by Crippen LogP contribution is 2.36. The molecule has 0 fully saturated rings. The van der Waals surface area contributed by atoms with E-state index < -0.39 is 0 Å². The number of ether oxygens (including phenoxy) is 2. The summed E-state index contributed by atoms with van der Waals surface area (Å²) in [5, 5.41) is 2.92. The first kappa shape index (κ1) is 17.3. The Balaban J connectivity index is 2.21. The molecular weight excluding hydrogens is 360 g/mol. The predicted molar refractivity (Wildman–Crippen MR) is 92.0 cm³/mol. The minimum absolute atomic E-state index is 0.194. The molecule has 0 radical (unpaired) electrons. The van der Waals surface area contributed by atoms with Gasteiger partial charge in [-0.15, -0.1) is 0 Å². The fourth-order valence-corrected chi connectivity index (χ4v) is 2.68. The van der Waals surface area contributed by atoms with Crippen LogP contribution in [0.4, 0.5) is 0 Å².